The van der Waals surface area contributed by atoms with Crippen LogP contribution in [-0.2, 0) is 9.59 Å². The Morgan fingerprint density at radius 1 is 1.20 bits per heavy atom. The maximum atomic E-state index is 12.5. The molecule has 0 unspecified atom stereocenters. The highest BCUT2D eigenvalue weighted by atomic mass is 16.4. The molecule has 1 aliphatic rings. The number of hydrogen-bond acceptors (Lipinski definition) is 3. The molecule has 0 spiro atoms. The SMILES string of the molecule is CCC(CC)(CC(=O)N(CCO)C1CCCC1)C(=O)O. The number of carbonyl (C=O) groups excluding carboxylic acids is 1. The first-order valence-corrected chi connectivity index (χ1v) is 7.64. The zero-order valence-corrected chi connectivity index (χ0v) is 12.6. The predicted octanol–water partition coefficient (Wildman–Crippen LogP) is 2.03. The normalized spacial score (nSPS) is 16.4. The van der Waals surface area contributed by atoms with Gasteiger partial charge in [0.1, 0.15) is 0 Å². The lowest BCUT2D eigenvalue weighted by Crippen LogP contribution is -2.44. The Morgan fingerprint density at radius 2 is 1.75 bits per heavy atom. The third kappa shape index (κ3) is 3.72. The molecule has 1 aliphatic carbocycles. The molecular weight excluding hydrogens is 258 g/mol. The van der Waals surface area contributed by atoms with Gasteiger partial charge in [0.05, 0.1) is 12.0 Å². The Balaban J connectivity index is 2.80. The molecule has 1 rings (SSSR count). The van der Waals surface area contributed by atoms with Gasteiger partial charge in [-0.25, -0.2) is 0 Å². The van der Waals surface area contributed by atoms with Crippen LogP contribution in [0.25, 0.3) is 0 Å². The third-order valence-corrected chi connectivity index (χ3v) is 4.72. The molecule has 0 aromatic rings. The molecule has 1 amide bonds. The van der Waals surface area contributed by atoms with Gasteiger partial charge in [-0.05, 0) is 25.7 Å². The highest BCUT2D eigenvalue weighted by Gasteiger charge is 2.39. The van der Waals surface area contributed by atoms with E-state index in [0.717, 1.165) is 25.7 Å². The zero-order valence-electron chi connectivity index (χ0n) is 12.6. The lowest BCUT2D eigenvalue weighted by molar-refractivity contribution is -0.155. The highest BCUT2D eigenvalue weighted by Crippen LogP contribution is 2.33. The third-order valence-electron chi connectivity index (χ3n) is 4.72. The molecular formula is C15H27NO4. The first kappa shape index (κ1) is 17.0. The summed E-state index contributed by atoms with van der Waals surface area (Å²) in [5.41, 5.74) is -0.969. The van der Waals surface area contributed by atoms with Gasteiger partial charge in [0.2, 0.25) is 5.91 Å². The summed E-state index contributed by atoms with van der Waals surface area (Å²) in [5.74, 6) is -1.02. The van der Waals surface area contributed by atoms with E-state index in [1.807, 2.05) is 13.8 Å². The molecule has 1 saturated carbocycles. The van der Waals surface area contributed by atoms with Gasteiger partial charge in [0.15, 0.2) is 0 Å². The van der Waals surface area contributed by atoms with Gasteiger partial charge in [-0.1, -0.05) is 26.7 Å². The van der Waals surface area contributed by atoms with Crippen molar-refractivity contribution in [3.63, 3.8) is 0 Å². The number of nitrogens with zero attached hydrogens (tertiary/aromatic N) is 1. The fraction of sp³-hybridized carbons (Fsp3) is 0.867. The van der Waals surface area contributed by atoms with E-state index in [-0.39, 0.29) is 25.0 Å². The fourth-order valence-corrected chi connectivity index (χ4v) is 3.10. The van der Waals surface area contributed by atoms with Crippen LogP contribution in [0.1, 0.15) is 58.8 Å². The molecule has 0 aromatic heterocycles. The summed E-state index contributed by atoms with van der Waals surface area (Å²) in [5, 5.41) is 18.6. The van der Waals surface area contributed by atoms with Crippen molar-refractivity contribution in [1.82, 2.24) is 4.90 Å². The van der Waals surface area contributed by atoms with Crippen molar-refractivity contribution in [1.29, 1.82) is 0 Å². The smallest absolute Gasteiger partial charge is 0.310 e. The van der Waals surface area contributed by atoms with Crippen LogP contribution in [0.4, 0.5) is 0 Å². The molecule has 0 aromatic carbocycles. The van der Waals surface area contributed by atoms with E-state index in [4.69, 9.17) is 5.11 Å². The first-order valence-electron chi connectivity index (χ1n) is 7.64. The molecule has 0 radical (unpaired) electrons. The molecule has 20 heavy (non-hydrogen) atoms. The highest BCUT2D eigenvalue weighted by molar-refractivity contribution is 5.85. The monoisotopic (exact) mass is 285 g/mol. The van der Waals surface area contributed by atoms with Crippen LogP contribution >= 0.6 is 0 Å². The van der Waals surface area contributed by atoms with Gasteiger partial charge in [-0.3, -0.25) is 9.59 Å². The van der Waals surface area contributed by atoms with Crippen molar-refractivity contribution in [2.75, 3.05) is 13.2 Å². The van der Waals surface area contributed by atoms with Gasteiger partial charge >= 0.3 is 5.97 Å². The number of hydrogen-bond donors (Lipinski definition) is 2. The van der Waals surface area contributed by atoms with Crippen LogP contribution in [-0.4, -0.2) is 46.2 Å². The van der Waals surface area contributed by atoms with Crippen LogP contribution in [0.3, 0.4) is 0 Å². The Kier molecular flexibility index (Phi) is 6.46. The molecule has 116 valence electrons. The topological polar surface area (TPSA) is 77.8 Å². The summed E-state index contributed by atoms with van der Waals surface area (Å²) in [4.78, 5) is 25.7. The zero-order chi connectivity index (χ0) is 15.2. The van der Waals surface area contributed by atoms with Gasteiger partial charge in [0.25, 0.3) is 0 Å². The second kappa shape index (κ2) is 7.62. The maximum Gasteiger partial charge on any atom is 0.310 e. The Bertz CT molecular complexity index is 333. The number of aliphatic hydroxyl groups is 1. The second-order valence-electron chi connectivity index (χ2n) is 5.72. The van der Waals surface area contributed by atoms with E-state index < -0.39 is 11.4 Å². The molecule has 5 nitrogen and oxygen atoms in total. The van der Waals surface area contributed by atoms with Gasteiger partial charge in [-0.15, -0.1) is 0 Å². The van der Waals surface area contributed by atoms with Crippen molar-refractivity contribution >= 4 is 11.9 Å². The molecule has 5 heteroatoms. The molecule has 0 aliphatic heterocycles. The van der Waals surface area contributed by atoms with Crippen molar-refractivity contribution in [2.24, 2.45) is 5.41 Å². The van der Waals surface area contributed by atoms with Crippen LogP contribution < -0.4 is 0 Å². The van der Waals surface area contributed by atoms with Gasteiger partial charge in [-0.2, -0.15) is 0 Å². The van der Waals surface area contributed by atoms with E-state index in [0.29, 0.717) is 19.4 Å². The molecule has 0 heterocycles. The van der Waals surface area contributed by atoms with Crippen LogP contribution in [0.2, 0.25) is 0 Å². The predicted molar refractivity (Wildman–Crippen MR) is 76.3 cm³/mol. The maximum absolute atomic E-state index is 12.5. The average Bonchev–Trinajstić information content (AvgIpc) is 2.95. The molecule has 0 atom stereocenters. The number of aliphatic carboxylic acids is 1. The summed E-state index contributed by atoms with van der Waals surface area (Å²) in [6.07, 6.45) is 5.06. The number of amides is 1. The minimum atomic E-state index is -0.969. The standard InChI is InChI=1S/C15H27NO4/c1-3-15(4-2,14(19)20)11-13(18)16(9-10-17)12-7-5-6-8-12/h12,17H,3-11H2,1-2H3,(H,19,20). The minimum Gasteiger partial charge on any atom is -0.481 e. The molecule has 0 bridgehead atoms. The number of carboxylic acids is 1. The van der Waals surface area contributed by atoms with Crippen LogP contribution in [0.5, 0.6) is 0 Å². The quantitative estimate of drug-likeness (QED) is 0.715. The van der Waals surface area contributed by atoms with Crippen molar-refractivity contribution < 1.29 is 19.8 Å². The summed E-state index contributed by atoms with van der Waals surface area (Å²) >= 11 is 0. The van der Waals surface area contributed by atoms with Gasteiger partial charge in [0, 0.05) is 19.0 Å². The summed E-state index contributed by atoms with van der Waals surface area (Å²) in [7, 11) is 0. The van der Waals surface area contributed by atoms with E-state index in [9.17, 15) is 14.7 Å². The lowest BCUT2D eigenvalue weighted by atomic mass is 9.78. The molecule has 0 saturated heterocycles. The Hall–Kier alpha value is -1.10. The second-order valence-corrected chi connectivity index (χ2v) is 5.72. The van der Waals surface area contributed by atoms with E-state index in [1.54, 1.807) is 4.90 Å². The number of aliphatic hydroxyl groups excluding tert-OH is 1. The van der Waals surface area contributed by atoms with E-state index >= 15 is 0 Å². The summed E-state index contributed by atoms with van der Waals surface area (Å²) in [6.45, 7) is 3.88. The average molecular weight is 285 g/mol. The molecule has 1 fully saturated rings. The summed E-state index contributed by atoms with van der Waals surface area (Å²) < 4.78 is 0. The van der Waals surface area contributed by atoms with E-state index in [1.165, 1.54) is 0 Å². The largest absolute Gasteiger partial charge is 0.481 e. The van der Waals surface area contributed by atoms with Crippen molar-refractivity contribution in [3.8, 4) is 0 Å². The van der Waals surface area contributed by atoms with Crippen LogP contribution in [0, 0.1) is 5.41 Å². The van der Waals surface area contributed by atoms with E-state index in [2.05, 4.69) is 0 Å². The lowest BCUT2D eigenvalue weighted by Gasteiger charge is -2.33. The number of rotatable bonds is 8. The Morgan fingerprint density at radius 3 is 2.15 bits per heavy atom. The first-order chi connectivity index (χ1) is 9.50. The minimum absolute atomic E-state index is 0.0336. The van der Waals surface area contributed by atoms with Crippen molar-refractivity contribution in [3.05, 3.63) is 0 Å². The molecule has 2 N–H and O–H groups in total. The number of carbonyl (C=O) groups is 2. The van der Waals surface area contributed by atoms with Crippen LogP contribution in [0.15, 0.2) is 0 Å². The summed E-state index contributed by atoms with van der Waals surface area (Å²) in [6, 6.07) is 0.176. The van der Waals surface area contributed by atoms with Crippen molar-refractivity contribution in [2.45, 2.75) is 64.8 Å². The van der Waals surface area contributed by atoms with Gasteiger partial charge < -0.3 is 15.1 Å². The Labute approximate surface area is 121 Å². The fourth-order valence-electron chi connectivity index (χ4n) is 3.10. The number of carboxylic acid groups (broad SMARTS) is 1.